The van der Waals surface area contributed by atoms with Gasteiger partial charge in [0.15, 0.2) is 0 Å². The first-order valence-corrected chi connectivity index (χ1v) is 10.1. The minimum Gasteiger partial charge on any atom is -0.477 e. The van der Waals surface area contributed by atoms with Crippen LogP contribution in [0.25, 0.3) is 11.0 Å². The average molecular weight is 418 g/mol. The summed E-state index contributed by atoms with van der Waals surface area (Å²) in [4.78, 5) is 20.5. The number of anilines is 1. The van der Waals surface area contributed by atoms with Crippen LogP contribution in [0, 0.1) is 0 Å². The first-order chi connectivity index (χ1) is 12.7. The van der Waals surface area contributed by atoms with Crippen LogP contribution in [0.2, 0.25) is 5.02 Å². The maximum atomic E-state index is 12.5. The molecule has 0 amide bonds. The number of esters is 1. The van der Waals surface area contributed by atoms with Crippen molar-refractivity contribution in [2.75, 3.05) is 38.4 Å². The van der Waals surface area contributed by atoms with Gasteiger partial charge in [-0.2, -0.15) is 0 Å². The van der Waals surface area contributed by atoms with Gasteiger partial charge in [0, 0.05) is 5.02 Å². The second kappa shape index (κ2) is 8.13. The van der Waals surface area contributed by atoms with Crippen LogP contribution in [0.15, 0.2) is 6.07 Å². The Labute approximate surface area is 162 Å². The summed E-state index contributed by atoms with van der Waals surface area (Å²) in [6, 6.07) is 1.56. The number of hydrogen-bond donors (Lipinski definition) is 0. The number of sulfonamides is 1. The van der Waals surface area contributed by atoms with Crippen molar-refractivity contribution in [1.82, 2.24) is 9.97 Å². The maximum Gasteiger partial charge on any atom is 0.326 e. The SMILES string of the molecule is CCc1c(Cl)cc2nc(OC)c(OC)nc2c1N(CC(=O)OC)S(C)(=O)=O. The van der Waals surface area contributed by atoms with Crippen LogP contribution in [0.1, 0.15) is 12.5 Å². The summed E-state index contributed by atoms with van der Waals surface area (Å²) in [5, 5.41) is 0.292. The molecule has 0 atom stereocenters. The number of carbonyl (C=O) groups is 1. The molecule has 0 aliphatic heterocycles. The van der Waals surface area contributed by atoms with Gasteiger partial charge >= 0.3 is 5.97 Å². The highest BCUT2D eigenvalue weighted by Gasteiger charge is 2.29. The zero-order valence-corrected chi connectivity index (χ0v) is 17.1. The molecule has 0 bridgehead atoms. The summed E-state index contributed by atoms with van der Waals surface area (Å²) in [6.07, 6.45) is 1.38. The molecule has 0 fully saturated rings. The van der Waals surface area contributed by atoms with Gasteiger partial charge < -0.3 is 14.2 Å². The fourth-order valence-corrected chi connectivity index (χ4v) is 3.76. The zero-order valence-electron chi connectivity index (χ0n) is 15.6. The third-order valence-corrected chi connectivity index (χ3v) is 5.26. The van der Waals surface area contributed by atoms with Gasteiger partial charge in [-0.3, -0.25) is 9.10 Å². The highest BCUT2D eigenvalue weighted by Crippen LogP contribution is 2.38. The molecule has 0 spiro atoms. The maximum absolute atomic E-state index is 12.5. The molecule has 0 N–H and O–H groups in total. The van der Waals surface area contributed by atoms with Crippen molar-refractivity contribution in [3.63, 3.8) is 0 Å². The lowest BCUT2D eigenvalue weighted by Crippen LogP contribution is -2.36. The minimum atomic E-state index is -3.87. The molecule has 0 saturated heterocycles. The molecule has 0 saturated carbocycles. The molecular weight excluding hydrogens is 398 g/mol. The molecule has 2 rings (SSSR count). The summed E-state index contributed by atoms with van der Waals surface area (Å²) in [5.41, 5.74) is 1.16. The quantitative estimate of drug-likeness (QED) is 0.627. The monoisotopic (exact) mass is 417 g/mol. The van der Waals surface area contributed by atoms with Crippen LogP contribution >= 0.6 is 11.6 Å². The molecule has 1 heterocycles. The first-order valence-electron chi connectivity index (χ1n) is 7.83. The van der Waals surface area contributed by atoms with Gasteiger partial charge in [-0.05, 0) is 18.1 Å². The van der Waals surface area contributed by atoms with Crippen LogP contribution in [0.4, 0.5) is 5.69 Å². The zero-order chi connectivity index (χ0) is 20.4. The van der Waals surface area contributed by atoms with E-state index in [0.717, 1.165) is 10.6 Å². The van der Waals surface area contributed by atoms with Gasteiger partial charge in [-0.1, -0.05) is 18.5 Å². The number of carbonyl (C=O) groups excluding carboxylic acids is 1. The molecule has 0 radical (unpaired) electrons. The van der Waals surface area contributed by atoms with E-state index in [1.165, 1.54) is 21.3 Å². The Hall–Kier alpha value is -2.33. The molecule has 1 aromatic carbocycles. The number of methoxy groups -OCH3 is 3. The van der Waals surface area contributed by atoms with Crippen LogP contribution in [-0.2, 0) is 26.0 Å². The van der Waals surface area contributed by atoms with Crippen LogP contribution in [0.5, 0.6) is 11.8 Å². The molecule has 1 aromatic heterocycles. The van der Waals surface area contributed by atoms with Gasteiger partial charge in [-0.15, -0.1) is 0 Å². The number of aromatic nitrogens is 2. The Morgan fingerprint density at radius 2 is 1.78 bits per heavy atom. The van der Waals surface area contributed by atoms with E-state index in [1.807, 2.05) is 6.92 Å². The van der Waals surface area contributed by atoms with E-state index in [0.29, 0.717) is 22.5 Å². The highest BCUT2D eigenvalue weighted by atomic mass is 35.5. The third kappa shape index (κ3) is 4.16. The molecule has 2 aromatic rings. The van der Waals surface area contributed by atoms with Gasteiger partial charge in [0.2, 0.25) is 10.0 Å². The summed E-state index contributed by atoms with van der Waals surface area (Å²) in [6.45, 7) is 1.27. The molecule has 9 nitrogen and oxygen atoms in total. The van der Waals surface area contributed by atoms with E-state index in [4.69, 9.17) is 21.1 Å². The predicted octanol–water partition coefficient (Wildman–Crippen LogP) is 1.80. The summed E-state index contributed by atoms with van der Waals surface area (Å²) >= 11 is 6.36. The lowest BCUT2D eigenvalue weighted by Gasteiger charge is -2.25. The second-order valence-electron chi connectivity index (χ2n) is 5.49. The Morgan fingerprint density at radius 1 is 1.19 bits per heavy atom. The van der Waals surface area contributed by atoms with Crippen molar-refractivity contribution in [2.24, 2.45) is 0 Å². The van der Waals surface area contributed by atoms with E-state index in [2.05, 4.69) is 14.7 Å². The second-order valence-corrected chi connectivity index (χ2v) is 7.81. The van der Waals surface area contributed by atoms with Crippen LogP contribution in [0.3, 0.4) is 0 Å². The smallest absolute Gasteiger partial charge is 0.326 e. The molecule has 27 heavy (non-hydrogen) atoms. The molecule has 148 valence electrons. The van der Waals surface area contributed by atoms with Crippen LogP contribution < -0.4 is 13.8 Å². The number of rotatable bonds is 7. The Bertz CT molecular complexity index is 980. The van der Waals surface area contributed by atoms with Gasteiger partial charge in [0.05, 0.1) is 38.8 Å². The van der Waals surface area contributed by atoms with Crippen LogP contribution in [-0.4, -0.2) is 58.5 Å². The topological polar surface area (TPSA) is 108 Å². The lowest BCUT2D eigenvalue weighted by atomic mass is 10.1. The largest absolute Gasteiger partial charge is 0.477 e. The van der Waals surface area contributed by atoms with E-state index in [-0.39, 0.29) is 23.0 Å². The van der Waals surface area contributed by atoms with Crippen molar-refractivity contribution in [3.8, 4) is 11.8 Å². The Kier molecular flexibility index (Phi) is 6.32. The summed E-state index contributed by atoms with van der Waals surface area (Å²) in [7, 11) is 0.0992. The highest BCUT2D eigenvalue weighted by molar-refractivity contribution is 7.92. The van der Waals surface area contributed by atoms with Gasteiger partial charge in [0.1, 0.15) is 12.1 Å². The van der Waals surface area contributed by atoms with Crippen molar-refractivity contribution in [1.29, 1.82) is 0 Å². The molecule has 0 aliphatic carbocycles. The minimum absolute atomic E-state index is 0.0714. The number of halogens is 1. The third-order valence-electron chi connectivity index (χ3n) is 3.81. The van der Waals surface area contributed by atoms with Crippen molar-refractivity contribution in [2.45, 2.75) is 13.3 Å². The van der Waals surface area contributed by atoms with Crippen molar-refractivity contribution in [3.05, 3.63) is 16.7 Å². The standard InChI is InChI=1S/C16H20ClN3O6S/c1-6-9-10(17)7-11-13(19-16(26-4)15(18-11)25-3)14(9)20(27(5,22)23)8-12(21)24-2/h7H,6,8H2,1-5H3. The first kappa shape index (κ1) is 21.0. The predicted molar refractivity (Wildman–Crippen MR) is 101 cm³/mol. The van der Waals surface area contributed by atoms with Gasteiger partial charge in [-0.25, -0.2) is 18.4 Å². The van der Waals surface area contributed by atoms with E-state index in [1.54, 1.807) is 6.07 Å². The number of ether oxygens (including phenoxy) is 3. The molecule has 0 aliphatic rings. The van der Waals surface area contributed by atoms with Gasteiger partial charge in [0.25, 0.3) is 11.8 Å². The number of benzene rings is 1. The normalized spacial score (nSPS) is 11.3. The molecule has 0 unspecified atom stereocenters. The van der Waals surface area contributed by atoms with Crippen molar-refractivity contribution < 1.29 is 27.4 Å². The fourth-order valence-electron chi connectivity index (χ4n) is 2.57. The van der Waals surface area contributed by atoms with Crippen molar-refractivity contribution >= 4 is 44.3 Å². The number of hydrogen-bond acceptors (Lipinski definition) is 8. The summed E-state index contributed by atoms with van der Waals surface area (Å²) < 4.78 is 40.8. The van der Waals surface area contributed by atoms with E-state index >= 15 is 0 Å². The summed E-state index contributed by atoms with van der Waals surface area (Å²) in [5.74, 6) is -0.540. The van der Waals surface area contributed by atoms with E-state index < -0.39 is 22.5 Å². The lowest BCUT2D eigenvalue weighted by molar-refractivity contribution is -0.138. The van der Waals surface area contributed by atoms with E-state index in [9.17, 15) is 13.2 Å². The Balaban J connectivity index is 2.94. The average Bonchev–Trinajstić information content (AvgIpc) is 2.62. The number of nitrogens with zero attached hydrogens (tertiary/aromatic N) is 3. The Morgan fingerprint density at radius 3 is 2.26 bits per heavy atom. The fraction of sp³-hybridized carbons (Fsp3) is 0.438. The molecule has 11 heteroatoms. The number of fused-ring (bicyclic) bond motifs is 1. The molecular formula is C16H20ClN3O6S.